The number of halogens is 3. The number of ether oxygens (including phenoxy) is 4. The zero-order valence-corrected chi connectivity index (χ0v) is 24.5. The number of hydrogen-bond acceptors (Lipinski definition) is 12. The third-order valence-corrected chi connectivity index (χ3v) is 7.09. The number of amides is 3. The van der Waals surface area contributed by atoms with E-state index in [9.17, 15) is 38.7 Å². The van der Waals surface area contributed by atoms with Gasteiger partial charge >= 0.3 is 30.0 Å². The van der Waals surface area contributed by atoms with Crippen LogP contribution in [-0.2, 0) is 33.4 Å². The Morgan fingerprint density at radius 2 is 1.76 bits per heavy atom. The molecule has 1 saturated heterocycles. The van der Waals surface area contributed by atoms with Gasteiger partial charge in [-0.3, -0.25) is 29.4 Å². The number of nitrogens with zero attached hydrogens (tertiary/aromatic N) is 1. The van der Waals surface area contributed by atoms with E-state index in [-0.39, 0.29) is 34.8 Å². The van der Waals surface area contributed by atoms with E-state index in [2.05, 4.69) is 10.6 Å². The van der Waals surface area contributed by atoms with Gasteiger partial charge in [-0.1, -0.05) is 34.8 Å². The predicted molar refractivity (Wildman–Crippen MR) is 144 cm³/mol. The van der Waals surface area contributed by atoms with Gasteiger partial charge < -0.3 is 29.4 Å². The molecule has 1 aromatic carbocycles. The van der Waals surface area contributed by atoms with Crippen molar-refractivity contribution in [2.75, 3.05) is 19.0 Å². The molecule has 0 spiro atoms. The first-order valence-electron chi connectivity index (χ1n) is 11.4. The van der Waals surface area contributed by atoms with Gasteiger partial charge in [0.2, 0.25) is 15.9 Å². The van der Waals surface area contributed by atoms with Crippen LogP contribution in [0, 0.1) is 0 Å². The minimum atomic E-state index is -2.09. The summed E-state index contributed by atoms with van der Waals surface area (Å²) in [5.41, 5.74) is -2.74. The van der Waals surface area contributed by atoms with Crippen molar-refractivity contribution < 1.29 is 57.6 Å². The molecule has 0 bridgehead atoms. The molecule has 3 amide bonds. The molecule has 1 fully saturated rings. The minimum Gasteiger partial charge on any atom is -0.477 e. The lowest BCUT2D eigenvalue weighted by atomic mass is 9.95. The first kappa shape index (κ1) is 32.8. The number of nitrogens with one attached hydrogen (secondary N) is 2. The standard InChI is InChI=1S/C23H20Cl3N3O12S/c1-10(31)40-14-4-3-12(5-15(14)41-11(2)32)18(35)38-6-13-7-42-20-23(27-9-30,19(36)29(20)16(13)17(33)34)28-21(37)39-8-22(24,25)26/h3-5,9,20H,6-8H2,1-2H3,(H,27,30)(H,28,37)(H,33,34)/t20-,23-/m1/s1. The molecule has 19 heteroatoms. The molecule has 2 aliphatic heterocycles. The number of hydrogen-bond donors (Lipinski definition) is 3. The second-order valence-electron chi connectivity index (χ2n) is 8.41. The molecule has 0 aromatic heterocycles. The molecule has 1 aromatic rings. The Kier molecular flexibility index (Phi) is 10.2. The van der Waals surface area contributed by atoms with Crippen molar-refractivity contribution in [1.82, 2.24) is 15.5 Å². The van der Waals surface area contributed by atoms with Crippen molar-refractivity contribution >= 4 is 88.9 Å². The molecule has 2 atom stereocenters. The lowest BCUT2D eigenvalue weighted by molar-refractivity contribution is -0.160. The molecule has 0 saturated carbocycles. The molecule has 3 N–H and O–H groups in total. The normalized spacial score (nSPS) is 19.5. The summed E-state index contributed by atoms with van der Waals surface area (Å²) in [6, 6.07) is 3.51. The van der Waals surface area contributed by atoms with Crippen LogP contribution >= 0.6 is 46.6 Å². The highest BCUT2D eigenvalue weighted by Crippen LogP contribution is 2.45. The van der Waals surface area contributed by atoms with Gasteiger partial charge in [0.1, 0.15) is 24.3 Å². The van der Waals surface area contributed by atoms with Crippen molar-refractivity contribution in [3.8, 4) is 11.5 Å². The fourth-order valence-electron chi connectivity index (χ4n) is 3.80. The molecule has 0 radical (unpaired) electrons. The largest absolute Gasteiger partial charge is 0.477 e. The van der Waals surface area contributed by atoms with E-state index in [0.717, 1.165) is 36.6 Å². The molecule has 226 valence electrons. The third-order valence-electron chi connectivity index (χ3n) is 5.37. The van der Waals surface area contributed by atoms with Gasteiger partial charge in [-0.05, 0) is 18.2 Å². The van der Waals surface area contributed by atoms with Crippen LogP contribution in [0.1, 0.15) is 24.2 Å². The first-order valence-corrected chi connectivity index (χ1v) is 13.6. The van der Waals surface area contributed by atoms with Crippen LogP contribution in [-0.4, -0.2) is 86.1 Å². The van der Waals surface area contributed by atoms with Crippen LogP contribution in [0.4, 0.5) is 4.79 Å². The molecule has 15 nitrogen and oxygen atoms in total. The van der Waals surface area contributed by atoms with E-state index >= 15 is 0 Å². The maximum atomic E-state index is 13.2. The average molecular weight is 669 g/mol. The molecular formula is C23H20Cl3N3O12S. The maximum Gasteiger partial charge on any atom is 0.409 e. The SMILES string of the molecule is CC(=O)Oc1ccc(C(=O)OCC2=C(C(=O)O)N3C(=O)[C@@](NC=O)(NC(=O)OCC(Cl)(Cl)Cl)[C@H]3SC2)cc1OC(C)=O. The topological polar surface area (TPSA) is 204 Å². The fourth-order valence-corrected chi connectivity index (χ4v) is 5.37. The van der Waals surface area contributed by atoms with E-state index in [1.165, 1.54) is 12.1 Å². The van der Waals surface area contributed by atoms with Crippen LogP contribution in [0.2, 0.25) is 0 Å². The summed E-state index contributed by atoms with van der Waals surface area (Å²) in [4.78, 5) is 85.1. The second kappa shape index (κ2) is 13.1. The summed E-state index contributed by atoms with van der Waals surface area (Å²) in [5, 5.41) is 13.1. The Hall–Kier alpha value is -3.73. The van der Waals surface area contributed by atoms with E-state index in [0.29, 0.717) is 0 Å². The van der Waals surface area contributed by atoms with Gasteiger partial charge in [0.15, 0.2) is 11.5 Å². The predicted octanol–water partition coefficient (Wildman–Crippen LogP) is 1.49. The van der Waals surface area contributed by atoms with Gasteiger partial charge in [-0.15, -0.1) is 11.8 Å². The highest BCUT2D eigenvalue weighted by atomic mass is 35.6. The highest BCUT2D eigenvalue weighted by molar-refractivity contribution is 8.00. The van der Waals surface area contributed by atoms with Crippen LogP contribution in [0.15, 0.2) is 29.5 Å². The van der Waals surface area contributed by atoms with Crippen LogP contribution in [0.25, 0.3) is 0 Å². The molecule has 0 aliphatic carbocycles. The van der Waals surface area contributed by atoms with Crippen molar-refractivity contribution in [2.45, 2.75) is 28.7 Å². The van der Waals surface area contributed by atoms with E-state index in [1.807, 2.05) is 0 Å². The molecule has 3 rings (SSSR count). The number of esters is 3. The Morgan fingerprint density at radius 3 is 2.33 bits per heavy atom. The number of carbonyl (C=O) groups is 7. The number of alkyl halides is 3. The number of aliphatic carboxylic acids is 1. The Labute approximate surface area is 255 Å². The number of carboxylic acids is 1. The zero-order chi connectivity index (χ0) is 31.4. The quantitative estimate of drug-likeness (QED) is 0.0808. The summed E-state index contributed by atoms with van der Waals surface area (Å²) in [5.74, 6) is -5.50. The monoisotopic (exact) mass is 667 g/mol. The molecule has 42 heavy (non-hydrogen) atoms. The summed E-state index contributed by atoms with van der Waals surface area (Å²) in [6.45, 7) is 0.943. The first-order chi connectivity index (χ1) is 19.6. The Bertz CT molecular complexity index is 1380. The van der Waals surface area contributed by atoms with Crippen LogP contribution in [0.3, 0.4) is 0 Å². The number of β-lactam (4-membered cyclic amide) rings is 1. The van der Waals surface area contributed by atoms with Crippen LogP contribution in [0.5, 0.6) is 11.5 Å². The lowest BCUT2D eigenvalue weighted by Crippen LogP contribution is -2.85. The van der Waals surface area contributed by atoms with Gasteiger partial charge in [0.25, 0.3) is 5.91 Å². The van der Waals surface area contributed by atoms with E-state index in [4.69, 9.17) is 53.8 Å². The van der Waals surface area contributed by atoms with Crippen molar-refractivity contribution in [1.29, 1.82) is 0 Å². The van der Waals surface area contributed by atoms with E-state index < -0.39 is 69.6 Å². The minimum absolute atomic E-state index is 0.0145. The van der Waals surface area contributed by atoms with Crippen molar-refractivity contribution in [2.24, 2.45) is 0 Å². The zero-order valence-electron chi connectivity index (χ0n) is 21.4. The molecular weight excluding hydrogens is 649 g/mol. The fraction of sp³-hybridized carbons (Fsp3) is 0.348. The smallest absolute Gasteiger partial charge is 0.409 e. The van der Waals surface area contributed by atoms with E-state index in [1.54, 1.807) is 0 Å². The van der Waals surface area contributed by atoms with Gasteiger partial charge in [0.05, 0.1) is 5.56 Å². The maximum absolute atomic E-state index is 13.2. The van der Waals surface area contributed by atoms with Gasteiger partial charge in [-0.2, -0.15) is 0 Å². The molecule has 0 unspecified atom stereocenters. The highest BCUT2D eigenvalue weighted by Gasteiger charge is 2.66. The van der Waals surface area contributed by atoms with Crippen LogP contribution < -0.4 is 20.1 Å². The number of carboxylic acid groups (broad SMARTS) is 1. The Balaban J connectivity index is 1.80. The van der Waals surface area contributed by atoms with Gasteiger partial charge in [0, 0.05) is 25.2 Å². The third kappa shape index (κ3) is 7.36. The number of carbonyl (C=O) groups excluding carboxylic acids is 6. The molecule has 2 heterocycles. The molecule has 2 aliphatic rings. The van der Waals surface area contributed by atoms with Crippen molar-refractivity contribution in [3.05, 3.63) is 35.0 Å². The average Bonchev–Trinajstić information content (AvgIpc) is 2.89. The summed E-state index contributed by atoms with van der Waals surface area (Å²) < 4.78 is 17.9. The number of fused-ring (bicyclic) bond motifs is 1. The number of alkyl carbamates (subject to hydrolysis) is 1. The van der Waals surface area contributed by atoms with Gasteiger partial charge in [-0.25, -0.2) is 14.4 Å². The number of thioether (sulfide) groups is 1. The van der Waals surface area contributed by atoms with Crippen molar-refractivity contribution in [3.63, 3.8) is 0 Å². The Morgan fingerprint density at radius 1 is 1.12 bits per heavy atom. The summed E-state index contributed by atoms with van der Waals surface area (Å²) in [6.07, 6.45) is -1.11. The number of benzene rings is 1. The lowest BCUT2D eigenvalue weighted by Gasteiger charge is -2.56. The number of rotatable bonds is 10. The summed E-state index contributed by atoms with van der Waals surface area (Å²) >= 11 is 17.6. The summed E-state index contributed by atoms with van der Waals surface area (Å²) in [7, 11) is 0. The second-order valence-corrected chi connectivity index (χ2v) is 12.0.